The molecular weight excluding hydrogens is 456 g/mol. The largest absolute Gasteiger partial charge is 0.357 e. The van der Waals surface area contributed by atoms with Crippen LogP contribution >= 0.6 is 24.0 Å². The molecule has 1 saturated heterocycles. The second-order valence-electron chi connectivity index (χ2n) is 6.45. The van der Waals surface area contributed by atoms with Gasteiger partial charge in [0.25, 0.3) is 0 Å². The first-order valence-electron chi connectivity index (χ1n) is 9.13. The molecule has 1 aliphatic rings. The van der Waals surface area contributed by atoms with Crippen molar-refractivity contribution in [2.75, 3.05) is 31.6 Å². The smallest absolute Gasteiger partial charge is 0.191 e. The number of anilines is 1. The van der Waals surface area contributed by atoms with Gasteiger partial charge in [0.2, 0.25) is 0 Å². The monoisotopic (exact) mass is 483 g/mol. The summed E-state index contributed by atoms with van der Waals surface area (Å²) < 4.78 is 12.9. The summed E-state index contributed by atoms with van der Waals surface area (Å²) in [6.07, 6.45) is 5.17. The molecule has 5 nitrogen and oxygen atoms in total. The SMILES string of the molecule is CN=C(NCCc1ccc(F)cc1)NCc1ccnc(N2CCCC2)c1.I. The van der Waals surface area contributed by atoms with E-state index >= 15 is 0 Å². The molecule has 2 aromatic rings. The van der Waals surface area contributed by atoms with Gasteiger partial charge in [0.1, 0.15) is 11.6 Å². The molecule has 1 fully saturated rings. The predicted octanol–water partition coefficient (Wildman–Crippen LogP) is 3.35. The molecule has 146 valence electrons. The van der Waals surface area contributed by atoms with Gasteiger partial charge in [0, 0.05) is 39.4 Å². The van der Waals surface area contributed by atoms with Gasteiger partial charge >= 0.3 is 0 Å². The van der Waals surface area contributed by atoms with Crippen LogP contribution in [-0.2, 0) is 13.0 Å². The van der Waals surface area contributed by atoms with Crippen LogP contribution in [0.25, 0.3) is 0 Å². The Hall–Kier alpha value is -1.90. The fourth-order valence-corrected chi connectivity index (χ4v) is 3.07. The third-order valence-electron chi connectivity index (χ3n) is 4.54. The summed E-state index contributed by atoms with van der Waals surface area (Å²) in [7, 11) is 1.76. The summed E-state index contributed by atoms with van der Waals surface area (Å²) in [6, 6.07) is 10.8. The molecule has 0 saturated carbocycles. The Labute approximate surface area is 177 Å². The Morgan fingerprint density at radius 2 is 1.85 bits per heavy atom. The fraction of sp³-hybridized carbons (Fsp3) is 0.400. The molecule has 0 aliphatic carbocycles. The van der Waals surface area contributed by atoms with Gasteiger partial charge in [-0.25, -0.2) is 9.37 Å². The highest BCUT2D eigenvalue weighted by Gasteiger charge is 2.13. The summed E-state index contributed by atoms with van der Waals surface area (Å²) in [5.74, 6) is 1.61. The van der Waals surface area contributed by atoms with Gasteiger partial charge in [-0.2, -0.15) is 0 Å². The molecular formula is C20H27FIN5. The molecule has 3 rings (SSSR count). The second kappa shape index (κ2) is 11.1. The van der Waals surface area contributed by atoms with Crippen molar-refractivity contribution in [1.82, 2.24) is 15.6 Å². The van der Waals surface area contributed by atoms with Crippen LogP contribution in [0.4, 0.5) is 10.2 Å². The van der Waals surface area contributed by atoms with Crippen molar-refractivity contribution in [3.63, 3.8) is 0 Å². The minimum absolute atomic E-state index is 0. The van der Waals surface area contributed by atoms with Crippen molar-refractivity contribution < 1.29 is 4.39 Å². The Morgan fingerprint density at radius 1 is 1.11 bits per heavy atom. The maximum absolute atomic E-state index is 12.9. The van der Waals surface area contributed by atoms with E-state index in [1.807, 2.05) is 24.4 Å². The molecule has 1 aromatic carbocycles. The van der Waals surface area contributed by atoms with Gasteiger partial charge in [0.05, 0.1) is 0 Å². The van der Waals surface area contributed by atoms with Crippen molar-refractivity contribution in [3.05, 3.63) is 59.5 Å². The molecule has 0 unspecified atom stereocenters. The number of guanidine groups is 1. The van der Waals surface area contributed by atoms with Crippen molar-refractivity contribution >= 4 is 35.8 Å². The molecule has 27 heavy (non-hydrogen) atoms. The highest BCUT2D eigenvalue weighted by Crippen LogP contribution is 2.18. The molecule has 0 atom stereocenters. The number of halogens is 2. The first-order chi connectivity index (χ1) is 12.7. The van der Waals surface area contributed by atoms with Gasteiger partial charge in [-0.05, 0) is 54.7 Å². The van der Waals surface area contributed by atoms with E-state index in [4.69, 9.17) is 0 Å². The standard InChI is InChI=1S/C20H26FN5.HI/c1-22-20(24-11-8-16-4-6-18(21)7-5-16)25-15-17-9-10-23-19(14-17)26-12-2-3-13-26;/h4-7,9-10,14H,2-3,8,11-13,15H2,1H3,(H2,22,24,25);1H. The van der Waals surface area contributed by atoms with Crippen LogP contribution in [0.3, 0.4) is 0 Å². The van der Waals surface area contributed by atoms with Crippen LogP contribution in [0.5, 0.6) is 0 Å². The number of hydrogen-bond donors (Lipinski definition) is 2. The molecule has 0 amide bonds. The quantitative estimate of drug-likeness (QED) is 0.376. The van der Waals surface area contributed by atoms with Crippen molar-refractivity contribution in [1.29, 1.82) is 0 Å². The third-order valence-corrected chi connectivity index (χ3v) is 4.54. The lowest BCUT2D eigenvalue weighted by Gasteiger charge is -2.17. The number of benzene rings is 1. The fourth-order valence-electron chi connectivity index (χ4n) is 3.07. The normalized spacial score (nSPS) is 14.0. The lowest BCUT2D eigenvalue weighted by molar-refractivity contribution is 0.626. The number of pyridine rings is 1. The van der Waals surface area contributed by atoms with E-state index in [0.717, 1.165) is 43.4 Å². The maximum Gasteiger partial charge on any atom is 0.191 e. The zero-order valence-corrected chi connectivity index (χ0v) is 17.9. The molecule has 1 aliphatic heterocycles. The van der Waals surface area contributed by atoms with Gasteiger partial charge < -0.3 is 15.5 Å². The third kappa shape index (κ3) is 6.64. The van der Waals surface area contributed by atoms with E-state index in [1.54, 1.807) is 7.05 Å². The number of rotatable bonds is 6. The number of nitrogens with one attached hydrogen (secondary N) is 2. The lowest BCUT2D eigenvalue weighted by Crippen LogP contribution is -2.37. The maximum atomic E-state index is 12.9. The van der Waals surface area contributed by atoms with Crippen LogP contribution < -0.4 is 15.5 Å². The van der Waals surface area contributed by atoms with Gasteiger partial charge in [-0.3, -0.25) is 4.99 Å². The molecule has 2 N–H and O–H groups in total. The zero-order chi connectivity index (χ0) is 18.2. The number of nitrogens with zero attached hydrogens (tertiary/aromatic N) is 3. The second-order valence-corrected chi connectivity index (χ2v) is 6.45. The Balaban J connectivity index is 0.00000261. The minimum Gasteiger partial charge on any atom is -0.357 e. The first kappa shape index (κ1) is 21.4. The van der Waals surface area contributed by atoms with Crippen LogP contribution in [-0.4, -0.2) is 37.6 Å². The van der Waals surface area contributed by atoms with Crippen LogP contribution in [0.2, 0.25) is 0 Å². The van der Waals surface area contributed by atoms with Crippen molar-refractivity contribution in [3.8, 4) is 0 Å². The summed E-state index contributed by atoms with van der Waals surface area (Å²) in [5, 5.41) is 6.62. The molecule has 0 radical (unpaired) electrons. The molecule has 0 spiro atoms. The molecule has 1 aromatic heterocycles. The lowest BCUT2D eigenvalue weighted by atomic mass is 10.1. The topological polar surface area (TPSA) is 52.6 Å². The van der Waals surface area contributed by atoms with E-state index in [2.05, 4.69) is 31.6 Å². The predicted molar refractivity (Wildman–Crippen MR) is 119 cm³/mol. The highest BCUT2D eigenvalue weighted by molar-refractivity contribution is 14.0. The zero-order valence-electron chi connectivity index (χ0n) is 15.6. The summed E-state index contributed by atoms with van der Waals surface area (Å²) in [5.41, 5.74) is 2.28. The van der Waals surface area contributed by atoms with Crippen LogP contribution in [0, 0.1) is 5.82 Å². The van der Waals surface area contributed by atoms with Gasteiger partial charge in [-0.1, -0.05) is 12.1 Å². The molecule has 7 heteroatoms. The van der Waals surface area contributed by atoms with Crippen LogP contribution in [0.1, 0.15) is 24.0 Å². The number of aliphatic imine (C=N–C) groups is 1. The summed E-state index contributed by atoms with van der Waals surface area (Å²) in [4.78, 5) is 11.1. The number of hydrogen-bond acceptors (Lipinski definition) is 3. The Bertz CT molecular complexity index is 729. The van der Waals surface area contributed by atoms with Gasteiger partial charge in [0.15, 0.2) is 5.96 Å². The average Bonchev–Trinajstić information content (AvgIpc) is 3.21. The Morgan fingerprint density at radius 3 is 2.56 bits per heavy atom. The molecule has 2 heterocycles. The van der Waals surface area contributed by atoms with Crippen LogP contribution in [0.15, 0.2) is 47.6 Å². The van der Waals surface area contributed by atoms with E-state index in [0.29, 0.717) is 6.54 Å². The number of aromatic nitrogens is 1. The Kier molecular flexibility index (Phi) is 8.77. The van der Waals surface area contributed by atoms with E-state index in [-0.39, 0.29) is 29.8 Å². The highest BCUT2D eigenvalue weighted by atomic mass is 127. The van der Waals surface area contributed by atoms with Crippen molar-refractivity contribution in [2.24, 2.45) is 4.99 Å². The molecule has 0 bridgehead atoms. The first-order valence-corrected chi connectivity index (χ1v) is 9.13. The van der Waals surface area contributed by atoms with E-state index in [1.165, 1.54) is 30.5 Å². The van der Waals surface area contributed by atoms with E-state index in [9.17, 15) is 4.39 Å². The van der Waals surface area contributed by atoms with Crippen molar-refractivity contribution in [2.45, 2.75) is 25.8 Å². The van der Waals surface area contributed by atoms with Gasteiger partial charge in [-0.15, -0.1) is 24.0 Å². The minimum atomic E-state index is -0.204. The summed E-state index contributed by atoms with van der Waals surface area (Å²) >= 11 is 0. The summed E-state index contributed by atoms with van der Waals surface area (Å²) in [6.45, 7) is 3.62. The average molecular weight is 483 g/mol. The van der Waals surface area contributed by atoms with E-state index < -0.39 is 0 Å².